The van der Waals surface area contributed by atoms with Gasteiger partial charge in [-0.1, -0.05) is 45.4 Å². The molecule has 3 nitrogen and oxygen atoms in total. The van der Waals surface area contributed by atoms with Crippen molar-refractivity contribution in [2.24, 2.45) is 0 Å². The standard InChI is InChI=1S/C15H27NO2/c1-2-3-14-18-15(17)12-10-8-6-4-5-7-9-11-13-16/h2-12,14H2,1H3. The van der Waals surface area contributed by atoms with Crippen molar-refractivity contribution in [2.75, 3.05) is 6.61 Å². The van der Waals surface area contributed by atoms with E-state index in [4.69, 9.17) is 10.00 Å². The number of esters is 1. The van der Waals surface area contributed by atoms with Gasteiger partial charge in [-0.05, 0) is 19.3 Å². The topological polar surface area (TPSA) is 50.1 Å². The summed E-state index contributed by atoms with van der Waals surface area (Å²) in [7, 11) is 0. The maximum atomic E-state index is 11.3. The van der Waals surface area contributed by atoms with E-state index in [0.717, 1.165) is 38.5 Å². The molecule has 0 fully saturated rings. The van der Waals surface area contributed by atoms with Crippen molar-refractivity contribution >= 4 is 5.97 Å². The van der Waals surface area contributed by atoms with E-state index in [1.807, 2.05) is 0 Å². The quantitative estimate of drug-likeness (QED) is 0.383. The van der Waals surface area contributed by atoms with Crippen molar-refractivity contribution in [3.05, 3.63) is 0 Å². The van der Waals surface area contributed by atoms with Crippen LogP contribution in [0.15, 0.2) is 0 Å². The van der Waals surface area contributed by atoms with Crippen LogP contribution in [0.5, 0.6) is 0 Å². The van der Waals surface area contributed by atoms with Crippen LogP contribution in [-0.2, 0) is 9.53 Å². The summed E-state index contributed by atoms with van der Waals surface area (Å²) in [5, 5.41) is 8.37. The summed E-state index contributed by atoms with van der Waals surface area (Å²) in [6, 6.07) is 2.16. The van der Waals surface area contributed by atoms with Crippen molar-refractivity contribution in [3.8, 4) is 6.07 Å². The van der Waals surface area contributed by atoms with Crippen molar-refractivity contribution < 1.29 is 9.53 Å². The summed E-state index contributed by atoms with van der Waals surface area (Å²) in [5.41, 5.74) is 0. The molecule has 0 bridgehead atoms. The zero-order chi connectivity index (χ0) is 13.5. The minimum Gasteiger partial charge on any atom is -0.466 e. The lowest BCUT2D eigenvalue weighted by atomic mass is 10.1. The Bertz CT molecular complexity index is 233. The van der Waals surface area contributed by atoms with Gasteiger partial charge in [0, 0.05) is 12.8 Å². The molecule has 0 aromatic carbocycles. The predicted octanol–water partition coefficient (Wildman–Crippen LogP) is 4.36. The van der Waals surface area contributed by atoms with Gasteiger partial charge in [-0.3, -0.25) is 4.79 Å². The number of unbranched alkanes of at least 4 members (excludes halogenated alkanes) is 8. The molecule has 18 heavy (non-hydrogen) atoms. The van der Waals surface area contributed by atoms with Crippen molar-refractivity contribution in [2.45, 2.75) is 77.6 Å². The van der Waals surface area contributed by atoms with Crippen LogP contribution in [0.2, 0.25) is 0 Å². The van der Waals surface area contributed by atoms with E-state index in [0.29, 0.717) is 19.4 Å². The minimum atomic E-state index is -0.0440. The molecule has 0 aromatic heterocycles. The molecule has 0 aliphatic carbocycles. The fourth-order valence-electron chi connectivity index (χ4n) is 1.76. The van der Waals surface area contributed by atoms with Crippen LogP contribution in [0.1, 0.15) is 77.6 Å². The highest BCUT2D eigenvalue weighted by atomic mass is 16.5. The smallest absolute Gasteiger partial charge is 0.305 e. The maximum Gasteiger partial charge on any atom is 0.305 e. The molecule has 0 saturated carbocycles. The van der Waals surface area contributed by atoms with Gasteiger partial charge in [0.25, 0.3) is 0 Å². The molecule has 0 aromatic rings. The number of ether oxygens (including phenoxy) is 1. The molecule has 0 radical (unpaired) electrons. The van der Waals surface area contributed by atoms with E-state index >= 15 is 0 Å². The largest absolute Gasteiger partial charge is 0.466 e. The number of hydrogen-bond acceptors (Lipinski definition) is 3. The maximum absolute atomic E-state index is 11.3. The molecular weight excluding hydrogens is 226 g/mol. The zero-order valence-electron chi connectivity index (χ0n) is 11.7. The highest BCUT2D eigenvalue weighted by Gasteiger charge is 2.01. The second-order valence-electron chi connectivity index (χ2n) is 4.71. The van der Waals surface area contributed by atoms with Gasteiger partial charge in [0.05, 0.1) is 12.7 Å². The third-order valence-corrected chi connectivity index (χ3v) is 2.93. The van der Waals surface area contributed by atoms with E-state index < -0.39 is 0 Å². The molecular formula is C15H27NO2. The fourth-order valence-corrected chi connectivity index (χ4v) is 1.76. The molecule has 0 unspecified atom stereocenters. The summed E-state index contributed by atoms with van der Waals surface area (Å²) in [6.07, 6.45) is 11.2. The first-order valence-corrected chi connectivity index (χ1v) is 7.33. The van der Waals surface area contributed by atoms with Crippen LogP contribution in [0.3, 0.4) is 0 Å². The highest BCUT2D eigenvalue weighted by Crippen LogP contribution is 2.09. The van der Waals surface area contributed by atoms with Gasteiger partial charge < -0.3 is 4.74 Å². The zero-order valence-corrected chi connectivity index (χ0v) is 11.7. The van der Waals surface area contributed by atoms with Gasteiger partial charge in [0.15, 0.2) is 0 Å². The molecule has 0 saturated heterocycles. The van der Waals surface area contributed by atoms with Gasteiger partial charge in [-0.25, -0.2) is 0 Å². The van der Waals surface area contributed by atoms with Crippen molar-refractivity contribution in [1.82, 2.24) is 0 Å². The summed E-state index contributed by atoms with van der Waals surface area (Å²) in [5.74, 6) is -0.0440. The van der Waals surface area contributed by atoms with Crippen LogP contribution in [0, 0.1) is 11.3 Å². The molecule has 3 heteroatoms. The van der Waals surface area contributed by atoms with E-state index in [2.05, 4.69) is 13.0 Å². The summed E-state index contributed by atoms with van der Waals surface area (Å²) < 4.78 is 5.08. The van der Waals surface area contributed by atoms with Crippen LogP contribution < -0.4 is 0 Å². The van der Waals surface area contributed by atoms with Gasteiger partial charge in [-0.2, -0.15) is 5.26 Å². The van der Waals surface area contributed by atoms with E-state index in [9.17, 15) is 4.79 Å². The number of carbonyl (C=O) groups excluding carboxylic acids is 1. The van der Waals surface area contributed by atoms with Crippen molar-refractivity contribution in [1.29, 1.82) is 5.26 Å². The Morgan fingerprint density at radius 2 is 1.61 bits per heavy atom. The van der Waals surface area contributed by atoms with Crippen molar-refractivity contribution in [3.63, 3.8) is 0 Å². The first-order chi connectivity index (χ1) is 8.81. The lowest BCUT2D eigenvalue weighted by Crippen LogP contribution is -2.05. The Morgan fingerprint density at radius 3 is 2.22 bits per heavy atom. The number of rotatable bonds is 12. The number of carbonyl (C=O) groups is 1. The minimum absolute atomic E-state index is 0.0440. The number of nitrogens with zero attached hydrogens (tertiary/aromatic N) is 1. The number of hydrogen-bond donors (Lipinski definition) is 0. The molecule has 0 N–H and O–H groups in total. The Kier molecular flexibility index (Phi) is 13.2. The lowest BCUT2D eigenvalue weighted by molar-refractivity contribution is -0.143. The van der Waals surface area contributed by atoms with E-state index in [-0.39, 0.29) is 5.97 Å². The number of nitriles is 1. The molecule has 0 spiro atoms. The molecule has 0 amide bonds. The highest BCUT2D eigenvalue weighted by molar-refractivity contribution is 5.69. The SMILES string of the molecule is CCCCOC(=O)CCCCCCCCCC#N. The Morgan fingerprint density at radius 1 is 1.00 bits per heavy atom. The third kappa shape index (κ3) is 13.0. The molecule has 0 atom stereocenters. The van der Waals surface area contributed by atoms with Crippen LogP contribution >= 0.6 is 0 Å². The first-order valence-electron chi connectivity index (χ1n) is 7.33. The van der Waals surface area contributed by atoms with E-state index in [1.165, 1.54) is 19.3 Å². The molecule has 0 aliphatic rings. The Hall–Kier alpha value is -1.04. The molecule has 0 rings (SSSR count). The van der Waals surface area contributed by atoms with E-state index in [1.54, 1.807) is 0 Å². The Balaban J connectivity index is 3.10. The summed E-state index contributed by atoms with van der Waals surface area (Å²) in [4.78, 5) is 11.3. The normalized spacial score (nSPS) is 10.0. The lowest BCUT2D eigenvalue weighted by Gasteiger charge is -2.03. The summed E-state index contributed by atoms with van der Waals surface area (Å²) in [6.45, 7) is 2.67. The average Bonchev–Trinajstić information content (AvgIpc) is 2.37. The molecule has 104 valence electrons. The van der Waals surface area contributed by atoms with Crippen LogP contribution in [0.25, 0.3) is 0 Å². The second-order valence-corrected chi connectivity index (χ2v) is 4.71. The van der Waals surface area contributed by atoms with Gasteiger partial charge in [0.1, 0.15) is 0 Å². The Labute approximate surface area is 112 Å². The third-order valence-electron chi connectivity index (χ3n) is 2.93. The van der Waals surface area contributed by atoms with Gasteiger partial charge in [0.2, 0.25) is 0 Å². The average molecular weight is 253 g/mol. The van der Waals surface area contributed by atoms with Gasteiger partial charge in [-0.15, -0.1) is 0 Å². The summed E-state index contributed by atoms with van der Waals surface area (Å²) >= 11 is 0. The second kappa shape index (κ2) is 14.0. The predicted molar refractivity (Wildman–Crippen MR) is 73.0 cm³/mol. The molecule has 0 heterocycles. The molecule has 0 aliphatic heterocycles. The van der Waals surface area contributed by atoms with Gasteiger partial charge >= 0.3 is 5.97 Å². The monoisotopic (exact) mass is 253 g/mol. The first kappa shape index (κ1) is 17.0. The fraction of sp³-hybridized carbons (Fsp3) is 0.867. The van der Waals surface area contributed by atoms with Crippen LogP contribution in [0.4, 0.5) is 0 Å². The van der Waals surface area contributed by atoms with Crippen LogP contribution in [-0.4, -0.2) is 12.6 Å².